The van der Waals surface area contributed by atoms with Crippen LogP contribution in [-0.4, -0.2) is 46.7 Å². The van der Waals surface area contributed by atoms with Gasteiger partial charge in [0.05, 0.1) is 6.61 Å². The van der Waals surface area contributed by atoms with Gasteiger partial charge in [0.25, 0.3) is 0 Å². The van der Waals surface area contributed by atoms with E-state index in [9.17, 15) is 4.79 Å². The topological polar surface area (TPSA) is 26.3 Å². The van der Waals surface area contributed by atoms with Gasteiger partial charge in [-0.3, -0.25) is 0 Å². The number of carbonyl (C=O) groups excluding carboxylic acids is 1. The molecular weight excluding hydrogens is 791 g/mol. The fourth-order valence-electron chi connectivity index (χ4n) is 1.69. The van der Waals surface area contributed by atoms with Crippen LogP contribution in [-0.2, 0) is 9.53 Å². The molecule has 0 aliphatic carbocycles. The van der Waals surface area contributed by atoms with Crippen molar-refractivity contribution in [3.05, 3.63) is 12.7 Å². The van der Waals surface area contributed by atoms with E-state index in [4.69, 9.17) is 202 Å². The largest absolute Gasteiger partial charge is 0.462 e. The van der Waals surface area contributed by atoms with Crippen LogP contribution in [0.1, 0.15) is 6.42 Å². The Morgan fingerprint density at radius 3 is 1.22 bits per heavy atom. The van der Waals surface area contributed by atoms with E-state index in [0.29, 0.717) is 0 Å². The molecule has 0 saturated heterocycles. The Hall–Kier alpha value is 4.14. The van der Waals surface area contributed by atoms with Crippen LogP contribution in [0.15, 0.2) is 12.7 Å². The van der Waals surface area contributed by atoms with E-state index in [1.54, 1.807) is 0 Å². The van der Waals surface area contributed by atoms with Crippen molar-refractivity contribution in [2.75, 3.05) is 6.61 Å². The maximum absolute atomic E-state index is 11.2. The molecule has 0 aromatic rings. The number of esters is 1. The van der Waals surface area contributed by atoms with Crippen LogP contribution in [0.4, 0.5) is 0 Å². The number of alkyl halides is 17. The summed E-state index contributed by atoms with van der Waals surface area (Å²) in [5, 5.41) is 0. The van der Waals surface area contributed by atoms with Crippen molar-refractivity contribution in [2.24, 2.45) is 0 Å². The molecule has 0 rings (SSSR count). The molecule has 2 nitrogen and oxygen atoms in total. The molecule has 19 heteroatoms. The first-order chi connectivity index (χ1) is 13.7. The van der Waals surface area contributed by atoms with Gasteiger partial charge in [0, 0.05) is 12.5 Å². The maximum atomic E-state index is 11.2. The predicted molar refractivity (Wildman–Crippen MR) is 147 cm³/mol. The Labute approximate surface area is 269 Å². The quantitative estimate of drug-likeness (QED) is 0.125. The first-order valence-corrected chi connectivity index (χ1v) is 13.6. The maximum Gasteiger partial charge on any atom is 0.330 e. The zero-order chi connectivity index (χ0) is 26.4. The molecule has 0 fully saturated rings. The summed E-state index contributed by atoms with van der Waals surface area (Å²) in [6, 6.07) is 0. The highest BCUT2D eigenvalue weighted by molar-refractivity contribution is 6.83. The molecule has 0 radical (unpaired) electrons. The second kappa shape index (κ2) is 11.7. The Morgan fingerprint density at radius 1 is 0.594 bits per heavy atom. The van der Waals surface area contributed by atoms with Gasteiger partial charge in [0.1, 0.15) is 0 Å². The molecule has 0 aromatic carbocycles. The molecule has 0 aliphatic heterocycles. The molecule has 0 N–H and O–H groups in total. The number of hydrogen-bond acceptors (Lipinski definition) is 2. The zero-order valence-electron chi connectivity index (χ0n) is 14.4. The number of hydrogen-bond donors (Lipinski definition) is 0. The van der Waals surface area contributed by atoms with Crippen LogP contribution < -0.4 is 0 Å². The van der Waals surface area contributed by atoms with E-state index in [2.05, 4.69) is 6.58 Å². The summed E-state index contributed by atoms with van der Waals surface area (Å²) < 4.78 is -17.7. The molecular formula is C13H7Cl17O2. The number of ether oxygens (including phenoxy) is 1. The number of halogens is 17. The highest BCUT2D eigenvalue weighted by Gasteiger charge is 2.81. The summed E-state index contributed by atoms with van der Waals surface area (Å²) in [6.45, 7) is 2.78. The van der Waals surface area contributed by atoms with E-state index in [1.165, 1.54) is 0 Å². The molecule has 0 atom stereocenters. The zero-order valence-corrected chi connectivity index (χ0v) is 27.3. The van der Waals surface area contributed by atoms with Crippen LogP contribution in [0, 0.1) is 0 Å². The van der Waals surface area contributed by atoms with Gasteiger partial charge in [-0.15, -0.1) is 0 Å². The number of rotatable bonds is 10. The summed E-state index contributed by atoms with van der Waals surface area (Å²) >= 11 is 104. The van der Waals surface area contributed by atoms with E-state index in [0.717, 1.165) is 6.08 Å². The van der Waals surface area contributed by atoms with Crippen molar-refractivity contribution < 1.29 is 9.53 Å². The predicted octanol–water partition coefficient (Wildman–Crippen LogP) is 10.7. The monoisotopic (exact) mass is 790 g/mol. The smallest absolute Gasteiger partial charge is 0.330 e. The van der Waals surface area contributed by atoms with Gasteiger partial charge < -0.3 is 4.74 Å². The van der Waals surface area contributed by atoms with Crippen LogP contribution in [0.5, 0.6) is 0 Å². The fourth-order valence-corrected chi connectivity index (χ4v) is 6.88. The minimum Gasteiger partial charge on any atom is -0.462 e. The van der Waals surface area contributed by atoms with Gasteiger partial charge in [0.15, 0.2) is 26.0 Å². The van der Waals surface area contributed by atoms with Gasteiger partial charge in [-0.05, 0) is 0 Å². The summed E-state index contributed by atoms with van der Waals surface area (Å²) in [7, 11) is 0. The van der Waals surface area contributed by atoms with E-state index >= 15 is 0 Å². The molecule has 0 unspecified atom stereocenters. The Kier molecular flexibility index (Phi) is 13.2. The van der Waals surface area contributed by atoms with E-state index in [1.807, 2.05) is 0 Å². The van der Waals surface area contributed by atoms with Crippen LogP contribution >= 0.6 is 197 Å². The Morgan fingerprint density at radius 2 is 0.906 bits per heavy atom. The SMILES string of the molecule is C=CC(=O)OCCC(Cl)(Cl)C(Cl)(Cl)C(Cl)(Cl)C(Cl)(Cl)C(Cl)(Cl)C(Cl)(Cl)C(Cl)(Cl)C(Cl)(Cl)Cl. The second-order valence-electron chi connectivity index (χ2n) is 5.77. The highest BCUT2D eigenvalue weighted by atomic mass is 35.6. The van der Waals surface area contributed by atoms with Crippen molar-refractivity contribution >= 4 is 203 Å². The van der Waals surface area contributed by atoms with Crippen LogP contribution in [0.3, 0.4) is 0 Å². The third kappa shape index (κ3) is 6.47. The summed E-state index contributed by atoms with van der Waals surface area (Å²) in [5.74, 6) is -0.808. The lowest BCUT2D eigenvalue weighted by molar-refractivity contribution is -0.137. The fraction of sp³-hybridized carbons (Fsp3) is 0.769. The van der Waals surface area contributed by atoms with Crippen molar-refractivity contribution in [1.82, 2.24) is 0 Å². The third-order valence-electron chi connectivity index (χ3n) is 3.61. The molecule has 0 spiro atoms. The molecule has 0 aliphatic rings. The summed E-state index contributed by atoms with van der Waals surface area (Å²) in [6.07, 6.45) is 0.404. The van der Waals surface area contributed by atoms with Crippen molar-refractivity contribution in [3.8, 4) is 0 Å². The average Bonchev–Trinajstić information content (AvgIpc) is 2.59. The Balaban J connectivity index is 6.41. The van der Waals surface area contributed by atoms with Crippen molar-refractivity contribution in [3.63, 3.8) is 0 Å². The third-order valence-corrected chi connectivity index (χ3v) is 15.2. The van der Waals surface area contributed by atoms with Crippen LogP contribution in [0.25, 0.3) is 0 Å². The summed E-state index contributed by atoms with van der Waals surface area (Å²) in [5.41, 5.74) is 0. The molecule has 0 heterocycles. The van der Waals surface area contributed by atoms with Crippen molar-refractivity contribution in [2.45, 2.75) is 40.5 Å². The van der Waals surface area contributed by atoms with Crippen molar-refractivity contribution in [1.29, 1.82) is 0 Å². The van der Waals surface area contributed by atoms with Gasteiger partial charge >= 0.3 is 5.97 Å². The highest BCUT2D eigenvalue weighted by Crippen LogP contribution is 2.72. The lowest BCUT2D eigenvalue weighted by Crippen LogP contribution is -2.70. The van der Waals surface area contributed by atoms with Gasteiger partial charge in [-0.25, -0.2) is 4.79 Å². The minimum atomic E-state index is -3.03. The van der Waals surface area contributed by atoms with E-state index < -0.39 is 53.1 Å². The van der Waals surface area contributed by atoms with Crippen LogP contribution in [0.2, 0.25) is 0 Å². The lowest BCUT2D eigenvalue weighted by atomic mass is 10.0. The van der Waals surface area contributed by atoms with Gasteiger partial charge in [0.2, 0.25) is 8.13 Å². The van der Waals surface area contributed by atoms with Gasteiger partial charge in [-0.1, -0.05) is 204 Å². The standard InChI is InChI=1S/C13H7Cl17O2/c1-2-5(31)32-4-3-6(14,15)7(16,17)8(18,19)9(20,21)10(22,23)11(24,25)12(26,27)13(28,29)30/h2H,1,3-4H2. The Bertz CT molecular complexity index is 706. The second-order valence-corrected chi connectivity index (χ2v) is 17.5. The normalized spacial score (nSPS) is 15.5. The molecule has 32 heavy (non-hydrogen) atoms. The minimum absolute atomic E-state index is 0.429. The molecule has 0 amide bonds. The number of carbonyl (C=O) groups is 1. The molecule has 0 aromatic heterocycles. The van der Waals surface area contributed by atoms with E-state index in [-0.39, 0.29) is 0 Å². The average molecular weight is 798 g/mol. The van der Waals surface area contributed by atoms with Gasteiger partial charge in [-0.2, -0.15) is 0 Å². The first kappa shape index (κ1) is 36.1. The molecule has 190 valence electrons. The summed E-state index contributed by atoms with van der Waals surface area (Å²) in [4.78, 5) is 11.2. The molecule has 0 bridgehead atoms. The molecule has 0 saturated carbocycles. The lowest BCUT2D eigenvalue weighted by Gasteiger charge is -2.54. The first-order valence-electron chi connectivity index (χ1n) is 7.21.